The first kappa shape index (κ1) is 19.5. The minimum atomic E-state index is -0.431. The number of aromatic nitrogens is 5. The molecule has 0 aliphatic carbocycles. The van der Waals surface area contributed by atoms with E-state index in [2.05, 4.69) is 25.5 Å². The van der Waals surface area contributed by atoms with Gasteiger partial charge in [0.1, 0.15) is 25.1 Å². The molecule has 0 unspecified atom stereocenters. The zero-order chi connectivity index (χ0) is 21.1. The molecule has 0 bridgehead atoms. The van der Waals surface area contributed by atoms with Crippen LogP contribution in [0.25, 0.3) is 11.3 Å². The van der Waals surface area contributed by atoms with Gasteiger partial charge < -0.3 is 18.9 Å². The molecular weight excluding hydrogens is 388 g/mol. The molecule has 0 aliphatic heterocycles. The van der Waals surface area contributed by atoms with Crippen LogP contribution in [0.1, 0.15) is 33.5 Å². The van der Waals surface area contributed by atoms with Crippen LogP contribution in [-0.2, 0) is 17.9 Å². The number of nitrogens with one attached hydrogen (secondary N) is 1. The van der Waals surface area contributed by atoms with Crippen molar-refractivity contribution in [3.05, 3.63) is 65.5 Å². The number of aryl methyl sites for hydroxylation is 2. The van der Waals surface area contributed by atoms with Crippen molar-refractivity contribution in [2.24, 2.45) is 0 Å². The third-order valence-corrected chi connectivity index (χ3v) is 4.18. The van der Waals surface area contributed by atoms with E-state index in [1.165, 1.54) is 17.3 Å². The molecule has 0 radical (unpaired) electrons. The van der Waals surface area contributed by atoms with Gasteiger partial charge in [0.05, 0.1) is 6.20 Å². The largest absolute Gasteiger partial charge is 0.446 e. The van der Waals surface area contributed by atoms with Crippen LogP contribution >= 0.6 is 0 Å². The molecule has 30 heavy (non-hydrogen) atoms. The number of hydrogen-bond donors (Lipinski definition) is 1. The fraction of sp³-hybridized carbons (Fsp3) is 0.250. The van der Waals surface area contributed by atoms with E-state index in [1.54, 1.807) is 14.0 Å². The van der Waals surface area contributed by atoms with Crippen molar-refractivity contribution in [3.8, 4) is 11.3 Å². The van der Waals surface area contributed by atoms with Gasteiger partial charge in [-0.2, -0.15) is 9.90 Å². The number of rotatable bonds is 7. The number of carbonyl (C=O) groups is 1. The summed E-state index contributed by atoms with van der Waals surface area (Å²) in [5, 5.41) is 11.1. The molecule has 154 valence electrons. The summed E-state index contributed by atoms with van der Waals surface area (Å²) in [6, 6.07) is 7.67. The van der Waals surface area contributed by atoms with E-state index < -0.39 is 5.91 Å². The minimum Gasteiger partial charge on any atom is -0.446 e. The molecule has 0 spiro atoms. The normalized spacial score (nSPS) is 11.0. The van der Waals surface area contributed by atoms with Gasteiger partial charge in [-0.05, 0) is 13.0 Å². The Kier molecular flexibility index (Phi) is 5.40. The maximum absolute atomic E-state index is 12.8. The van der Waals surface area contributed by atoms with Gasteiger partial charge in [-0.3, -0.25) is 4.79 Å². The quantitative estimate of drug-likeness (QED) is 0.495. The zero-order valence-corrected chi connectivity index (χ0v) is 16.7. The van der Waals surface area contributed by atoms with Crippen molar-refractivity contribution in [1.29, 1.82) is 0 Å². The van der Waals surface area contributed by atoms with Crippen LogP contribution in [0, 0.1) is 13.8 Å². The third kappa shape index (κ3) is 4.28. The van der Waals surface area contributed by atoms with Gasteiger partial charge in [-0.1, -0.05) is 23.8 Å². The second-order valence-corrected chi connectivity index (χ2v) is 6.66. The van der Waals surface area contributed by atoms with Crippen molar-refractivity contribution in [2.75, 3.05) is 12.4 Å². The Labute approximate surface area is 171 Å². The summed E-state index contributed by atoms with van der Waals surface area (Å²) in [5.41, 5.74) is 2.66. The van der Waals surface area contributed by atoms with Crippen molar-refractivity contribution in [3.63, 3.8) is 0 Å². The Morgan fingerprint density at radius 3 is 2.93 bits per heavy atom. The summed E-state index contributed by atoms with van der Waals surface area (Å²) >= 11 is 0. The van der Waals surface area contributed by atoms with Crippen LogP contribution in [0.4, 0.5) is 5.82 Å². The lowest BCUT2D eigenvalue weighted by Gasteiger charge is -2.02. The first-order valence-electron chi connectivity index (χ1n) is 9.20. The second-order valence-electron chi connectivity index (χ2n) is 6.66. The molecule has 0 fully saturated rings. The summed E-state index contributed by atoms with van der Waals surface area (Å²) in [6.45, 7) is 4.24. The molecule has 0 atom stereocenters. The number of ether oxygens (including phenoxy) is 1. The monoisotopic (exact) mass is 408 g/mol. The van der Waals surface area contributed by atoms with Gasteiger partial charge in [0.25, 0.3) is 5.91 Å². The maximum atomic E-state index is 12.8. The Morgan fingerprint density at radius 1 is 1.27 bits per heavy atom. The van der Waals surface area contributed by atoms with E-state index in [1.807, 2.05) is 31.2 Å². The van der Waals surface area contributed by atoms with Crippen LogP contribution in [-0.4, -0.2) is 38.0 Å². The molecule has 10 heteroatoms. The molecule has 3 heterocycles. The Bertz CT molecular complexity index is 1180. The number of hydrogen-bond acceptors (Lipinski definition) is 8. The first-order chi connectivity index (χ1) is 14.5. The molecule has 10 nitrogen and oxygen atoms in total. The van der Waals surface area contributed by atoms with E-state index >= 15 is 0 Å². The lowest BCUT2D eigenvalue weighted by atomic mass is 10.1. The topological polar surface area (TPSA) is 121 Å². The summed E-state index contributed by atoms with van der Waals surface area (Å²) in [6.07, 6.45) is 2.97. The molecule has 0 aliphatic rings. The van der Waals surface area contributed by atoms with Crippen LogP contribution in [0.15, 0.2) is 45.6 Å². The molecule has 1 amide bonds. The molecule has 4 rings (SSSR count). The predicted octanol–water partition coefficient (Wildman–Crippen LogP) is 2.98. The number of nitrogens with zero attached hydrogens (tertiary/aromatic N) is 5. The molecule has 0 saturated carbocycles. The SMILES string of the molecule is COCc1nc(Cn2ncc(NC(=O)c3nc(C)oc3-c3cccc(C)c3)n2)co1. The Morgan fingerprint density at radius 2 is 2.13 bits per heavy atom. The lowest BCUT2D eigenvalue weighted by Crippen LogP contribution is -2.14. The fourth-order valence-corrected chi connectivity index (χ4v) is 2.93. The van der Waals surface area contributed by atoms with Gasteiger partial charge in [0.2, 0.25) is 5.89 Å². The Balaban J connectivity index is 1.48. The average Bonchev–Trinajstić information content (AvgIpc) is 3.43. The summed E-state index contributed by atoms with van der Waals surface area (Å²) in [7, 11) is 1.56. The summed E-state index contributed by atoms with van der Waals surface area (Å²) in [4.78, 5) is 22.7. The number of benzene rings is 1. The molecular formula is C20H20N6O4. The highest BCUT2D eigenvalue weighted by Crippen LogP contribution is 2.26. The van der Waals surface area contributed by atoms with Crippen LogP contribution in [0.3, 0.4) is 0 Å². The highest BCUT2D eigenvalue weighted by atomic mass is 16.5. The number of amides is 1. The zero-order valence-electron chi connectivity index (χ0n) is 16.7. The van der Waals surface area contributed by atoms with Gasteiger partial charge in [0.15, 0.2) is 23.2 Å². The van der Waals surface area contributed by atoms with Gasteiger partial charge >= 0.3 is 0 Å². The first-order valence-corrected chi connectivity index (χ1v) is 9.20. The predicted molar refractivity (Wildman–Crippen MR) is 106 cm³/mol. The van der Waals surface area contributed by atoms with E-state index in [9.17, 15) is 4.79 Å². The smallest absolute Gasteiger partial charge is 0.279 e. The van der Waals surface area contributed by atoms with Crippen LogP contribution in [0.2, 0.25) is 0 Å². The summed E-state index contributed by atoms with van der Waals surface area (Å²) < 4.78 is 15.9. The highest BCUT2D eigenvalue weighted by Gasteiger charge is 2.21. The number of methoxy groups -OCH3 is 1. The molecule has 1 N–H and O–H groups in total. The second kappa shape index (κ2) is 8.29. The van der Waals surface area contributed by atoms with Crippen molar-refractivity contribution < 1.29 is 18.4 Å². The fourth-order valence-electron chi connectivity index (χ4n) is 2.93. The van der Waals surface area contributed by atoms with Crippen molar-refractivity contribution >= 4 is 11.7 Å². The van der Waals surface area contributed by atoms with Crippen molar-refractivity contribution in [2.45, 2.75) is 27.0 Å². The van der Waals surface area contributed by atoms with E-state index in [4.69, 9.17) is 13.6 Å². The molecule has 3 aromatic heterocycles. The number of oxazole rings is 2. The van der Waals surface area contributed by atoms with Gasteiger partial charge in [-0.25, -0.2) is 9.97 Å². The van der Waals surface area contributed by atoms with Gasteiger partial charge in [-0.15, -0.1) is 5.10 Å². The van der Waals surface area contributed by atoms with E-state index in [0.717, 1.165) is 11.1 Å². The van der Waals surface area contributed by atoms with Crippen molar-refractivity contribution in [1.82, 2.24) is 25.0 Å². The standard InChI is InChI=1S/C20H20N6O4/c1-12-5-4-6-14(7-12)19-18(22-13(2)30-19)20(27)24-16-8-21-26(25-16)9-15-10-29-17(23-15)11-28-3/h4-8,10H,9,11H2,1-3H3,(H,24,25,27). The van der Waals surface area contributed by atoms with Gasteiger partial charge in [0, 0.05) is 19.6 Å². The van der Waals surface area contributed by atoms with E-state index in [-0.39, 0.29) is 18.1 Å². The van der Waals surface area contributed by atoms with E-state index in [0.29, 0.717) is 29.8 Å². The Hall–Kier alpha value is -3.79. The average molecular weight is 408 g/mol. The maximum Gasteiger partial charge on any atom is 0.279 e. The lowest BCUT2D eigenvalue weighted by molar-refractivity contribution is 0.102. The van der Waals surface area contributed by atoms with Crippen LogP contribution in [0.5, 0.6) is 0 Å². The minimum absolute atomic E-state index is 0.188. The third-order valence-electron chi connectivity index (χ3n) is 4.18. The highest BCUT2D eigenvalue weighted by molar-refractivity contribution is 6.05. The summed E-state index contributed by atoms with van der Waals surface area (Å²) in [5.74, 6) is 1.14. The number of anilines is 1. The molecule has 4 aromatic rings. The number of carbonyl (C=O) groups excluding carboxylic acids is 1. The molecule has 1 aromatic carbocycles. The molecule has 0 saturated heterocycles. The van der Waals surface area contributed by atoms with Crippen LogP contribution < -0.4 is 5.32 Å².